The molecule has 7 heteroatoms. The number of nitrogens with zero attached hydrogens (tertiary/aromatic N) is 2. The first-order chi connectivity index (χ1) is 13.7. The van der Waals surface area contributed by atoms with Crippen molar-refractivity contribution in [2.24, 2.45) is 4.99 Å². The van der Waals surface area contributed by atoms with Crippen molar-refractivity contribution in [2.45, 2.75) is 0 Å². The van der Waals surface area contributed by atoms with Gasteiger partial charge in [-0.05, 0) is 36.0 Å². The monoisotopic (exact) mass is 398 g/mol. The van der Waals surface area contributed by atoms with E-state index in [0.717, 1.165) is 11.3 Å². The van der Waals surface area contributed by atoms with E-state index in [-0.39, 0.29) is 5.91 Å². The van der Waals surface area contributed by atoms with E-state index in [1.165, 1.54) is 11.8 Å². The van der Waals surface area contributed by atoms with Gasteiger partial charge in [0.1, 0.15) is 0 Å². The van der Waals surface area contributed by atoms with Gasteiger partial charge in [-0.3, -0.25) is 9.69 Å². The summed E-state index contributed by atoms with van der Waals surface area (Å²) in [5, 5.41) is 0.626. The summed E-state index contributed by atoms with van der Waals surface area (Å²) in [5.41, 5.74) is 1.56. The average Bonchev–Trinajstić information content (AvgIpc) is 3.01. The van der Waals surface area contributed by atoms with Crippen LogP contribution in [0.2, 0.25) is 0 Å². The highest BCUT2D eigenvalue weighted by atomic mass is 32.2. The number of ether oxygens (including phenoxy) is 3. The highest BCUT2D eigenvalue weighted by Crippen LogP contribution is 2.37. The van der Waals surface area contributed by atoms with E-state index in [2.05, 4.69) is 4.99 Å². The number of hydrogen-bond donors (Lipinski definition) is 0. The fourth-order valence-corrected chi connectivity index (χ4v) is 3.77. The van der Waals surface area contributed by atoms with Crippen LogP contribution in [0, 0.1) is 0 Å². The molecule has 2 aromatic rings. The molecule has 0 unspecified atom stereocenters. The Bertz CT molecular complexity index is 897. The van der Waals surface area contributed by atoms with Gasteiger partial charge >= 0.3 is 0 Å². The number of thioether (sulfide) groups is 1. The van der Waals surface area contributed by atoms with Gasteiger partial charge in [-0.2, -0.15) is 0 Å². The molecule has 0 N–H and O–H groups in total. The van der Waals surface area contributed by atoms with E-state index < -0.39 is 0 Å². The van der Waals surface area contributed by atoms with Crippen molar-refractivity contribution in [2.75, 3.05) is 34.5 Å². The average molecular weight is 398 g/mol. The van der Waals surface area contributed by atoms with Crippen LogP contribution >= 0.6 is 11.8 Å². The smallest absolute Gasteiger partial charge is 0.266 e. The molecule has 0 aliphatic carbocycles. The van der Waals surface area contributed by atoms with Crippen molar-refractivity contribution in [1.29, 1.82) is 0 Å². The number of hydrogen-bond acceptors (Lipinski definition) is 6. The lowest BCUT2D eigenvalue weighted by Crippen LogP contribution is -2.32. The second-order valence-corrected chi connectivity index (χ2v) is 6.88. The Kier molecular flexibility index (Phi) is 6.73. The number of carbonyl (C=O) groups is 1. The lowest BCUT2D eigenvalue weighted by molar-refractivity contribution is -0.122. The fourth-order valence-electron chi connectivity index (χ4n) is 2.75. The molecule has 0 saturated carbocycles. The predicted molar refractivity (Wildman–Crippen MR) is 112 cm³/mol. The molecule has 0 radical (unpaired) electrons. The van der Waals surface area contributed by atoms with E-state index in [9.17, 15) is 4.79 Å². The summed E-state index contributed by atoms with van der Waals surface area (Å²) in [6.45, 7) is 0.858. The first-order valence-electron chi connectivity index (χ1n) is 8.73. The number of amidine groups is 1. The normalized spacial score (nSPS) is 16.8. The summed E-state index contributed by atoms with van der Waals surface area (Å²) >= 11 is 1.34. The second-order valence-electron chi connectivity index (χ2n) is 5.87. The van der Waals surface area contributed by atoms with Crippen LogP contribution in [0.5, 0.6) is 11.5 Å². The maximum atomic E-state index is 13.0. The quantitative estimate of drug-likeness (QED) is 0.661. The van der Waals surface area contributed by atoms with Crippen LogP contribution in [0.15, 0.2) is 58.4 Å². The molecule has 1 fully saturated rings. The van der Waals surface area contributed by atoms with Gasteiger partial charge in [0, 0.05) is 12.7 Å². The summed E-state index contributed by atoms with van der Waals surface area (Å²) in [5.74, 6) is 1.09. The zero-order valence-corrected chi connectivity index (χ0v) is 16.9. The van der Waals surface area contributed by atoms with Crippen molar-refractivity contribution >= 4 is 34.6 Å². The predicted octanol–water partition coefficient (Wildman–Crippen LogP) is 3.95. The van der Waals surface area contributed by atoms with Gasteiger partial charge in [0.05, 0.1) is 38.0 Å². The first-order valence-corrected chi connectivity index (χ1v) is 9.54. The van der Waals surface area contributed by atoms with E-state index in [1.54, 1.807) is 26.2 Å². The SMILES string of the molecule is COCCN1C(=O)C(=Cc2cccc(OC)c2OC)SC1=Nc1ccccc1. The third-order valence-corrected chi connectivity index (χ3v) is 5.11. The molecule has 2 aromatic carbocycles. The number of aliphatic imine (C=N–C) groups is 1. The van der Waals surface area contributed by atoms with Crippen molar-refractivity contribution in [3.63, 3.8) is 0 Å². The van der Waals surface area contributed by atoms with Crippen LogP contribution in [0.3, 0.4) is 0 Å². The highest BCUT2D eigenvalue weighted by Gasteiger charge is 2.33. The molecule has 1 saturated heterocycles. The topological polar surface area (TPSA) is 60.4 Å². The minimum atomic E-state index is -0.110. The molecule has 1 amide bonds. The van der Waals surface area contributed by atoms with Crippen molar-refractivity contribution < 1.29 is 19.0 Å². The summed E-state index contributed by atoms with van der Waals surface area (Å²) in [6.07, 6.45) is 1.81. The lowest BCUT2D eigenvalue weighted by Gasteiger charge is -2.14. The van der Waals surface area contributed by atoms with E-state index >= 15 is 0 Å². The number of rotatable bonds is 7. The third kappa shape index (κ3) is 4.37. The van der Waals surface area contributed by atoms with Gasteiger partial charge in [-0.1, -0.05) is 30.3 Å². The standard InChI is InChI=1S/C21H22N2O4S/c1-25-13-12-23-20(24)18(28-21(23)22-16-9-5-4-6-10-16)14-15-8-7-11-17(26-2)19(15)27-3/h4-11,14H,12-13H2,1-3H3. The van der Waals surface area contributed by atoms with E-state index in [1.807, 2.05) is 54.6 Å². The molecule has 1 heterocycles. The van der Waals surface area contributed by atoms with Gasteiger partial charge in [0.25, 0.3) is 5.91 Å². The van der Waals surface area contributed by atoms with Crippen LogP contribution in [0.1, 0.15) is 5.56 Å². The summed E-state index contributed by atoms with van der Waals surface area (Å²) in [4.78, 5) is 19.8. The minimum absolute atomic E-state index is 0.110. The van der Waals surface area contributed by atoms with Gasteiger partial charge < -0.3 is 14.2 Å². The summed E-state index contributed by atoms with van der Waals surface area (Å²) < 4.78 is 16.0. The molecule has 1 aliphatic heterocycles. The maximum Gasteiger partial charge on any atom is 0.266 e. The van der Waals surface area contributed by atoms with Crippen molar-refractivity contribution in [3.05, 3.63) is 59.0 Å². The molecule has 0 aromatic heterocycles. The fraction of sp³-hybridized carbons (Fsp3) is 0.238. The van der Waals surface area contributed by atoms with Crippen LogP contribution in [-0.4, -0.2) is 50.5 Å². The molecule has 3 rings (SSSR count). The van der Waals surface area contributed by atoms with Gasteiger partial charge in [0.15, 0.2) is 16.7 Å². The molecule has 28 heavy (non-hydrogen) atoms. The zero-order chi connectivity index (χ0) is 19.9. The Morgan fingerprint density at radius 3 is 2.50 bits per heavy atom. The van der Waals surface area contributed by atoms with Crippen molar-refractivity contribution in [3.8, 4) is 11.5 Å². The van der Waals surface area contributed by atoms with Crippen LogP contribution in [0.25, 0.3) is 6.08 Å². The maximum absolute atomic E-state index is 13.0. The number of methoxy groups -OCH3 is 3. The van der Waals surface area contributed by atoms with Crippen LogP contribution < -0.4 is 9.47 Å². The molecular formula is C21H22N2O4S. The van der Waals surface area contributed by atoms with Gasteiger partial charge in [-0.25, -0.2) is 4.99 Å². The lowest BCUT2D eigenvalue weighted by atomic mass is 10.1. The van der Waals surface area contributed by atoms with E-state index in [0.29, 0.717) is 34.7 Å². The van der Waals surface area contributed by atoms with Gasteiger partial charge in [-0.15, -0.1) is 0 Å². The molecule has 0 spiro atoms. The largest absolute Gasteiger partial charge is 0.493 e. The highest BCUT2D eigenvalue weighted by molar-refractivity contribution is 8.18. The molecule has 1 aliphatic rings. The summed E-state index contributed by atoms with van der Waals surface area (Å²) in [6, 6.07) is 15.1. The van der Waals surface area contributed by atoms with Crippen molar-refractivity contribution in [1.82, 2.24) is 4.90 Å². The molecule has 0 atom stereocenters. The van der Waals surface area contributed by atoms with Crippen LogP contribution in [0.4, 0.5) is 5.69 Å². The Balaban J connectivity index is 1.98. The summed E-state index contributed by atoms with van der Waals surface area (Å²) in [7, 11) is 4.78. The molecule has 146 valence electrons. The Labute approximate surface area is 168 Å². The van der Waals surface area contributed by atoms with Gasteiger partial charge in [0.2, 0.25) is 0 Å². The number of carbonyl (C=O) groups excluding carboxylic acids is 1. The first kappa shape index (κ1) is 20.0. The third-order valence-electron chi connectivity index (χ3n) is 4.11. The van der Waals surface area contributed by atoms with Crippen LogP contribution in [-0.2, 0) is 9.53 Å². The number of benzene rings is 2. The Morgan fingerprint density at radius 1 is 1.04 bits per heavy atom. The number of amides is 1. The molecule has 0 bridgehead atoms. The van der Waals surface area contributed by atoms with E-state index in [4.69, 9.17) is 14.2 Å². The zero-order valence-electron chi connectivity index (χ0n) is 16.0. The minimum Gasteiger partial charge on any atom is -0.493 e. The molecular weight excluding hydrogens is 376 g/mol. The Hall–Kier alpha value is -2.77. The number of para-hydroxylation sites is 2. The Morgan fingerprint density at radius 2 is 1.82 bits per heavy atom. The second kappa shape index (κ2) is 9.43. The molecule has 6 nitrogen and oxygen atoms in total.